The van der Waals surface area contributed by atoms with Gasteiger partial charge in [0.2, 0.25) is 0 Å². The average molecular weight is 397 g/mol. The maximum atomic E-state index is 2.78. The molecule has 2 heteroatoms. The number of hydrogen-bond acceptors (Lipinski definition) is 2. The largest absolute Gasteiger partial charge is 0.281 e. The Morgan fingerprint density at radius 3 is 1.33 bits per heavy atom. The summed E-state index contributed by atoms with van der Waals surface area (Å²) in [4.78, 5) is 5.54. The standard InChI is InChI=1S/C28H32N2/c1-22-17-18-26(23-11-5-2-6-12-23)29(22)21-30-27(24-13-7-3-8-14-24)19-20-28(30)25-15-9-4-10-16-25/h2-16,22,26-28H,17-21H2,1H3/t22-,26+,27+,28+/m1/s1. The molecule has 0 amide bonds. The van der Waals surface area contributed by atoms with Crippen LogP contribution in [0.3, 0.4) is 0 Å². The fourth-order valence-electron chi connectivity index (χ4n) is 5.63. The molecule has 0 spiro atoms. The summed E-state index contributed by atoms with van der Waals surface area (Å²) in [5.74, 6) is 0. The van der Waals surface area contributed by atoms with Crippen molar-refractivity contribution >= 4 is 0 Å². The molecule has 3 aromatic carbocycles. The average Bonchev–Trinajstić information content (AvgIpc) is 3.40. The van der Waals surface area contributed by atoms with Gasteiger partial charge in [-0.3, -0.25) is 9.80 Å². The van der Waals surface area contributed by atoms with Gasteiger partial charge in [-0.25, -0.2) is 0 Å². The molecular weight excluding hydrogens is 364 g/mol. The number of hydrogen-bond donors (Lipinski definition) is 0. The van der Waals surface area contributed by atoms with Gasteiger partial charge < -0.3 is 0 Å². The molecule has 2 aliphatic rings. The first-order valence-electron chi connectivity index (χ1n) is 11.5. The first-order valence-corrected chi connectivity index (χ1v) is 11.5. The monoisotopic (exact) mass is 396 g/mol. The van der Waals surface area contributed by atoms with Crippen LogP contribution in [-0.2, 0) is 0 Å². The van der Waals surface area contributed by atoms with Gasteiger partial charge in [-0.1, -0.05) is 91.0 Å². The van der Waals surface area contributed by atoms with E-state index in [1.165, 1.54) is 42.4 Å². The smallest absolute Gasteiger partial charge is 0.0526 e. The highest BCUT2D eigenvalue weighted by molar-refractivity contribution is 5.26. The van der Waals surface area contributed by atoms with Gasteiger partial charge in [0, 0.05) is 24.2 Å². The van der Waals surface area contributed by atoms with Gasteiger partial charge in [0.05, 0.1) is 6.67 Å². The second kappa shape index (κ2) is 8.75. The molecule has 2 saturated heterocycles. The van der Waals surface area contributed by atoms with Crippen LogP contribution in [0.15, 0.2) is 91.0 Å². The Hall–Kier alpha value is -2.42. The second-order valence-corrected chi connectivity index (χ2v) is 8.95. The molecule has 0 saturated carbocycles. The molecule has 0 aliphatic carbocycles. The quantitative estimate of drug-likeness (QED) is 0.471. The van der Waals surface area contributed by atoms with Crippen molar-refractivity contribution in [1.29, 1.82) is 0 Å². The van der Waals surface area contributed by atoms with Crippen molar-refractivity contribution in [2.45, 2.75) is 56.8 Å². The van der Waals surface area contributed by atoms with Crippen LogP contribution >= 0.6 is 0 Å². The van der Waals surface area contributed by atoms with Crippen molar-refractivity contribution in [3.05, 3.63) is 108 Å². The van der Waals surface area contributed by atoms with E-state index in [9.17, 15) is 0 Å². The van der Waals surface area contributed by atoms with Crippen molar-refractivity contribution in [1.82, 2.24) is 9.80 Å². The fraction of sp³-hybridized carbons (Fsp3) is 0.357. The number of rotatable bonds is 5. The zero-order valence-electron chi connectivity index (χ0n) is 17.9. The predicted molar refractivity (Wildman–Crippen MR) is 124 cm³/mol. The molecule has 5 rings (SSSR count). The summed E-state index contributed by atoms with van der Waals surface area (Å²) in [6, 6.07) is 35.5. The predicted octanol–water partition coefficient (Wildman–Crippen LogP) is 6.75. The molecule has 0 unspecified atom stereocenters. The van der Waals surface area contributed by atoms with E-state index in [1.54, 1.807) is 0 Å². The van der Waals surface area contributed by atoms with Gasteiger partial charge in [0.25, 0.3) is 0 Å². The van der Waals surface area contributed by atoms with Gasteiger partial charge in [0.15, 0.2) is 0 Å². The molecule has 4 atom stereocenters. The first kappa shape index (κ1) is 19.5. The zero-order valence-corrected chi connectivity index (χ0v) is 17.9. The topological polar surface area (TPSA) is 6.48 Å². The number of nitrogens with zero attached hydrogens (tertiary/aromatic N) is 2. The summed E-state index contributed by atoms with van der Waals surface area (Å²) < 4.78 is 0. The maximum Gasteiger partial charge on any atom is 0.0526 e. The summed E-state index contributed by atoms with van der Waals surface area (Å²) in [6.07, 6.45) is 4.98. The minimum absolute atomic E-state index is 0.487. The van der Waals surface area contributed by atoms with E-state index in [0.717, 1.165) is 6.67 Å². The third-order valence-electron chi connectivity index (χ3n) is 7.22. The van der Waals surface area contributed by atoms with Gasteiger partial charge in [-0.15, -0.1) is 0 Å². The Morgan fingerprint density at radius 2 is 0.900 bits per heavy atom. The highest BCUT2D eigenvalue weighted by atomic mass is 15.4. The van der Waals surface area contributed by atoms with Gasteiger partial charge in [-0.05, 0) is 49.3 Å². The second-order valence-electron chi connectivity index (χ2n) is 8.95. The Balaban J connectivity index is 1.47. The van der Waals surface area contributed by atoms with Crippen molar-refractivity contribution in [3.8, 4) is 0 Å². The van der Waals surface area contributed by atoms with E-state index in [0.29, 0.717) is 24.2 Å². The van der Waals surface area contributed by atoms with E-state index in [-0.39, 0.29) is 0 Å². The van der Waals surface area contributed by atoms with Crippen LogP contribution in [0.4, 0.5) is 0 Å². The molecule has 0 aromatic heterocycles. The van der Waals surface area contributed by atoms with E-state index >= 15 is 0 Å². The molecule has 3 aromatic rings. The van der Waals surface area contributed by atoms with E-state index in [2.05, 4.69) is 108 Å². The van der Waals surface area contributed by atoms with Crippen LogP contribution in [0.2, 0.25) is 0 Å². The van der Waals surface area contributed by atoms with Crippen LogP contribution in [0.1, 0.15) is 67.4 Å². The number of benzene rings is 3. The van der Waals surface area contributed by atoms with Gasteiger partial charge in [0.1, 0.15) is 0 Å². The Kier molecular flexibility index (Phi) is 5.70. The SMILES string of the molecule is C[C@@H]1CC[C@@H](c2ccccc2)N1CN1[C@H](c2ccccc2)CC[C@H]1c1ccccc1. The van der Waals surface area contributed by atoms with Crippen LogP contribution in [0.25, 0.3) is 0 Å². The molecule has 154 valence electrons. The van der Waals surface area contributed by atoms with Crippen LogP contribution in [0, 0.1) is 0 Å². The highest BCUT2D eigenvalue weighted by Crippen LogP contribution is 2.46. The first-order chi connectivity index (χ1) is 14.8. The van der Waals surface area contributed by atoms with E-state index in [1.807, 2.05) is 0 Å². The molecule has 0 bridgehead atoms. The Morgan fingerprint density at radius 1 is 0.533 bits per heavy atom. The molecule has 0 radical (unpaired) electrons. The lowest BCUT2D eigenvalue weighted by Gasteiger charge is -2.38. The molecule has 0 N–H and O–H groups in total. The summed E-state index contributed by atoms with van der Waals surface area (Å²) in [7, 11) is 0. The molecule has 2 aliphatic heterocycles. The summed E-state index contributed by atoms with van der Waals surface area (Å²) in [5.41, 5.74) is 4.38. The molecule has 2 heterocycles. The van der Waals surface area contributed by atoms with Crippen molar-refractivity contribution in [3.63, 3.8) is 0 Å². The molecular formula is C28H32N2. The lowest BCUT2D eigenvalue weighted by Crippen LogP contribution is -2.41. The lowest BCUT2D eigenvalue weighted by atomic mass is 10.0. The molecule has 30 heavy (non-hydrogen) atoms. The third kappa shape index (κ3) is 3.82. The van der Waals surface area contributed by atoms with Gasteiger partial charge in [-0.2, -0.15) is 0 Å². The Labute approximate surface area is 181 Å². The lowest BCUT2D eigenvalue weighted by molar-refractivity contribution is 0.0576. The van der Waals surface area contributed by atoms with Crippen molar-refractivity contribution in [2.75, 3.05) is 6.67 Å². The molecule has 2 nitrogen and oxygen atoms in total. The van der Waals surface area contributed by atoms with Crippen LogP contribution in [0.5, 0.6) is 0 Å². The molecule has 2 fully saturated rings. The van der Waals surface area contributed by atoms with E-state index in [4.69, 9.17) is 0 Å². The zero-order chi connectivity index (χ0) is 20.3. The van der Waals surface area contributed by atoms with Crippen LogP contribution < -0.4 is 0 Å². The summed E-state index contributed by atoms with van der Waals surface area (Å²) >= 11 is 0. The van der Waals surface area contributed by atoms with Gasteiger partial charge >= 0.3 is 0 Å². The highest BCUT2D eigenvalue weighted by Gasteiger charge is 2.40. The minimum Gasteiger partial charge on any atom is -0.281 e. The summed E-state index contributed by atoms with van der Waals surface area (Å²) in [5, 5.41) is 0. The van der Waals surface area contributed by atoms with Crippen molar-refractivity contribution < 1.29 is 0 Å². The third-order valence-corrected chi connectivity index (χ3v) is 7.22. The maximum absolute atomic E-state index is 2.78. The number of likely N-dealkylation sites (tertiary alicyclic amines) is 2. The normalized spacial score (nSPS) is 27.5. The van der Waals surface area contributed by atoms with Crippen molar-refractivity contribution in [2.24, 2.45) is 0 Å². The minimum atomic E-state index is 0.487. The summed E-state index contributed by atoms with van der Waals surface area (Å²) in [6.45, 7) is 3.44. The van der Waals surface area contributed by atoms with Crippen LogP contribution in [-0.4, -0.2) is 22.5 Å². The fourth-order valence-corrected chi connectivity index (χ4v) is 5.63. The van der Waals surface area contributed by atoms with E-state index < -0.39 is 0 Å². The Bertz CT molecular complexity index is 877.